The third-order valence-corrected chi connectivity index (χ3v) is 5.65. The van der Waals surface area contributed by atoms with Crippen molar-refractivity contribution in [1.82, 2.24) is 5.32 Å². The van der Waals surface area contributed by atoms with Crippen LogP contribution >= 0.6 is 0 Å². The molecule has 162 valence electrons. The van der Waals surface area contributed by atoms with Crippen molar-refractivity contribution < 1.29 is 18.0 Å². The Morgan fingerprint density at radius 3 is 2.17 bits per heavy atom. The summed E-state index contributed by atoms with van der Waals surface area (Å²) in [6.45, 7) is 7.33. The molecule has 2 aromatic rings. The van der Waals surface area contributed by atoms with Gasteiger partial charge in [0.15, 0.2) is 0 Å². The summed E-state index contributed by atoms with van der Waals surface area (Å²) in [6.07, 6.45) is 1.33. The van der Waals surface area contributed by atoms with Crippen LogP contribution in [0.2, 0.25) is 0 Å². The van der Waals surface area contributed by atoms with Crippen LogP contribution in [0.25, 0.3) is 0 Å². The Morgan fingerprint density at radius 1 is 1.03 bits per heavy atom. The van der Waals surface area contributed by atoms with E-state index in [0.717, 1.165) is 16.1 Å². The third-order valence-electron chi connectivity index (χ3n) is 4.47. The maximum Gasteiger partial charge on any atom is 0.253 e. The Hall–Kier alpha value is -2.87. The molecule has 2 N–H and O–H groups in total. The average molecular weight is 432 g/mol. The van der Waals surface area contributed by atoms with Gasteiger partial charge in [-0.3, -0.25) is 13.9 Å². The van der Waals surface area contributed by atoms with Gasteiger partial charge in [-0.1, -0.05) is 36.8 Å². The van der Waals surface area contributed by atoms with E-state index in [1.54, 1.807) is 55.5 Å². The molecule has 0 radical (unpaired) electrons. The highest BCUT2D eigenvalue weighted by atomic mass is 32.2. The number of para-hydroxylation sites is 1. The maximum absolute atomic E-state index is 13.1. The fourth-order valence-electron chi connectivity index (χ4n) is 3.10. The van der Waals surface area contributed by atoms with Gasteiger partial charge in [0, 0.05) is 6.04 Å². The normalized spacial score (nSPS) is 12.3. The average Bonchev–Trinajstić information content (AvgIpc) is 2.65. The van der Waals surface area contributed by atoms with Gasteiger partial charge in [0.05, 0.1) is 23.2 Å². The molecule has 8 heteroatoms. The summed E-state index contributed by atoms with van der Waals surface area (Å²) in [6, 6.07) is 12.6. The van der Waals surface area contributed by atoms with Gasteiger partial charge in [0.1, 0.15) is 6.04 Å². The zero-order chi connectivity index (χ0) is 22.5. The van der Waals surface area contributed by atoms with Crippen LogP contribution in [0.3, 0.4) is 0 Å². The van der Waals surface area contributed by atoms with Crippen molar-refractivity contribution in [2.45, 2.75) is 46.2 Å². The Bertz CT molecular complexity index is 1000. The van der Waals surface area contributed by atoms with E-state index in [9.17, 15) is 18.0 Å². The number of aryl methyl sites for hydroxylation is 1. The van der Waals surface area contributed by atoms with E-state index < -0.39 is 22.0 Å². The first-order chi connectivity index (χ1) is 14.0. The molecule has 0 aromatic heterocycles. The minimum atomic E-state index is -3.73. The van der Waals surface area contributed by atoms with E-state index in [1.807, 2.05) is 20.8 Å². The molecule has 30 heavy (non-hydrogen) atoms. The van der Waals surface area contributed by atoms with Gasteiger partial charge in [0.25, 0.3) is 5.91 Å². The van der Waals surface area contributed by atoms with Crippen LogP contribution in [-0.2, 0) is 14.8 Å². The molecule has 2 aromatic carbocycles. The van der Waals surface area contributed by atoms with Crippen molar-refractivity contribution in [3.8, 4) is 0 Å². The zero-order valence-electron chi connectivity index (χ0n) is 18.0. The number of anilines is 2. The summed E-state index contributed by atoms with van der Waals surface area (Å²) in [5.74, 6) is -0.819. The van der Waals surface area contributed by atoms with Gasteiger partial charge in [-0.15, -0.1) is 0 Å². The standard InChI is InChI=1S/C22H29N3O4S/c1-6-20(25(30(5,28)29)17-13-11-16(4)12-14-17)22(27)24-19-10-8-7-9-18(19)21(26)23-15(2)3/h7-15,20H,6H2,1-5H3,(H,23,26)(H,24,27)/t20-/m0/s1. The topological polar surface area (TPSA) is 95.6 Å². The van der Waals surface area contributed by atoms with E-state index >= 15 is 0 Å². The smallest absolute Gasteiger partial charge is 0.253 e. The number of hydrogen-bond acceptors (Lipinski definition) is 4. The van der Waals surface area contributed by atoms with E-state index in [-0.39, 0.29) is 18.4 Å². The molecule has 7 nitrogen and oxygen atoms in total. The first kappa shape index (κ1) is 23.4. The molecule has 1 atom stereocenters. The van der Waals surface area contributed by atoms with Crippen molar-refractivity contribution in [2.75, 3.05) is 15.9 Å². The second kappa shape index (κ2) is 9.75. The van der Waals surface area contributed by atoms with Crippen molar-refractivity contribution in [1.29, 1.82) is 0 Å². The van der Waals surface area contributed by atoms with Gasteiger partial charge in [-0.2, -0.15) is 0 Å². The predicted octanol–water partition coefficient (Wildman–Crippen LogP) is 3.32. The quantitative estimate of drug-likeness (QED) is 0.670. The number of carbonyl (C=O) groups is 2. The van der Waals surface area contributed by atoms with Crippen molar-refractivity contribution in [2.24, 2.45) is 0 Å². The fraction of sp³-hybridized carbons (Fsp3) is 0.364. The molecular formula is C22H29N3O4S. The van der Waals surface area contributed by atoms with Crippen LogP contribution in [0.4, 0.5) is 11.4 Å². The lowest BCUT2D eigenvalue weighted by Gasteiger charge is -2.30. The lowest BCUT2D eigenvalue weighted by molar-refractivity contribution is -0.117. The van der Waals surface area contributed by atoms with Crippen LogP contribution in [0.15, 0.2) is 48.5 Å². The number of rotatable bonds is 8. The van der Waals surface area contributed by atoms with Crippen molar-refractivity contribution in [3.63, 3.8) is 0 Å². The third kappa shape index (κ3) is 5.82. The minimum Gasteiger partial charge on any atom is -0.350 e. The summed E-state index contributed by atoms with van der Waals surface area (Å²) in [5, 5.41) is 5.54. The number of nitrogens with one attached hydrogen (secondary N) is 2. The summed E-state index contributed by atoms with van der Waals surface area (Å²) in [5.41, 5.74) is 2.04. The first-order valence-corrected chi connectivity index (χ1v) is 11.7. The number of amides is 2. The van der Waals surface area contributed by atoms with Crippen LogP contribution in [-0.4, -0.2) is 38.6 Å². The van der Waals surface area contributed by atoms with Crippen molar-refractivity contribution >= 4 is 33.2 Å². The molecule has 2 amide bonds. The summed E-state index contributed by atoms with van der Waals surface area (Å²) >= 11 is 0. The van der Waals surface area contributed by atoms with Gasteiger partial charge < -0.3 is 10.6 Å². The van der Waals surface area contributed by atoms with Crippen LogP contribution in [0.1, 0.15) is 43.1 Å². The first-order valence-electron chi connectivity index (χ1n) is 9.81. The molecule has 0 heterocycles. The van der Waals surface area contributed by atoms with Crippen molar-refractivity contribution in [3.05, 3.63) is 59.7 Å². The Morgan fingerprint density at radius 2 is 1.63 bits per heavy atom. The van der Waals surface area contributed by atoms with Gasteiger partial charge in [-0.05, 0) is 51.5 Å². The highest BCUT2D eigenvalue weighted by Gasteiger charge is 2.32. The SMILES string of the molecule is CC[C@@H](C(=O)Nc1ccccc1C(=O)NC(C)C)N(c1ccc(C)cc1)S(C)(=O)=O. The molecule has 0 aliphatic rings. The minimum absolute atomic E-state index is 0.0630. The second-order valence-corrected chi connectivity index (χ2v) is 9.34. The molecule has 0 aliphatic heterocycles. The number of sulfonamides is 1. The van der Waals surface area contributed by atoms with E-state index in [2.05, 4.69) is 10.6 Å². The van der Waals surface area contributed by atoms with E-state index in [0.29, 0.717) is 16.9 Å². The number of benzene rings is 2. The maximum atomic E-state index is 13.1. The molecule has 0 saturated heterocycles. The lowest BCUT2D eigenvalue weighted by atomic mass is 10.1. The molecule has 0 aliphatic carbocycles. The number of hydrogen-bond donors (Lipinski definition) is 2. The van der Waals surface area contributed by atoms with Gasteiger partial charge >= 0.3 is 0 Å². The molecule has 0 unspecified atom stereocenters. The number of nitrogens with zero attached hydrogens (tertiary/aromatic N) is 1. The highest BCUT2D eigenvalue weighted by Crippen LogP contribution is 2.24. The van der Waals surface area contributed by atoms with Crippen LogP contribution in [0.5, 0.6) is 0 Å². The Labute approximate surface area is 178 Å². The van der Waals surface area contributed by atoms with Gasteiger partial charge in [0.2, 0.25) is 15.9 Å². The van der Waals surface area contributed by atoms with Crippen LogP contribution < -0.4 is 14.9 Å². The molecule has 0 bridgehead atoms. The summed E-state index contributed by atoms with van der Waals surface area (Å²) < 4.78 is 26.2. The molecule has 0 saturated carbocycles. The molecular weight excluding hydrogens is 402 g/mol. The fourth-order valence-corrected chi connectivity index (χ4v) is 4.31. The Balaban J connectivity index is 2.38. The summed E-state index contributed by atoms with van der Waals surface area (Å²) in [4.78, 5) is 25.6. The lowest BCUT2D eigenvalue weighted by Crippen LogP contribution is -2.47. The summed E-state index contributed by atoms with van der Waals surface area (Å²) in [7, 11) is -3.73. The molecule has 2 rings (SSSR count). The molecule has 0 spiro atoms. The molecule has 0 fully saturated rings. The monoisotopic (exact) mass is 431 g/mol. The predicted molar refractivity (Wildman–Crippen MR) is 120 cm³/mol. The highest BCUT2D eigenvalue weighted by molar-refractivity contribution is 7.92. The second-order valence-electron chi connectivity index (χ2n) is 7.48. The number of carbonyl (C=O) groups excluding carboxylic acids is 2. The largest absolute Gasteiger partial charge is 0.350 e. The van der Waals surface area contributed by atoms with Gasteiger partial charge in [-0.25, -0.2) is 8.42 Å². The Kier molecular flexibility index (Phi) is 7.61. The van der Waals surface area contributed by atoms with E-state index in [1.165, 1.54) is 0 Å². The van der Waals surface area contributed by atoms with Crippen LogP contribution in [0, 0.1) is 6.92 Å². The zero-order valence-corrected chi connectivity index (χ0v) is 18.8. The van der Waals surface area contributed by atoms with E-state index in [4.69, 9.17) is 0 Å².